The number of hydrogen-bond donors (Lipinski definition) is 1. The fourth-order valence-electron chi connectivity index (χ4n) is 1.44. The highest BCUT2D eigenvalue weighted by Crippen LogP contribution is 2.12. The predicted molar refractivity (Wildman–Crippen MR) is 42.2 cm³/mol. The summed E-state index contributed by atoms with van der Waals surface area (Å²) in [5, 5.41) is 4.30. The molecule has 0 spiro atoms. The lowest BCUT2D eigenvalue weighted by Gasteiger charge is -2.37. The molecule has 1 atom stereocenters. The molecule has 2 N–H and O–H groups in total. The van der Waals surface area contributed by atoms with Crippen LogP contribution in [0.5, 0.6) is 0 Å². The quantitative estimate of drug-likeness (QED) is 0.570. The molecular formula is C7H17N3. The summed E-state index contributed by atoms with van der Waals surface area (Å²) in [5.41, 5.74) is 5.86. The van der Waals surface area contributed by atoms with Crippen molar-refractivity contribution in [2.75, 3.05) is 20.6 Å². The van der Waals surface area contributed by atoms with Gasteiger partial charge in [0.15, 0.2) is 0 Å². The number of hydrogen-bond acceptors (Lipinski definition) is 3. The summed E-state index contributed by atoms with van der Waals surface area (Å²) < 4.78 is 0. The number of rotatable bonds is 1. The molecule has 0 saturated carbocycles. The molecular weight excluding hydrogens is 126 g/mol. The molecule has 1 heterocycles. The Bertz CT molecular complexity index is 103. The van der Waals surface area contributed by atoms with Gasteiger partial charge >= 0.3 is 0 Å². The monoisotopic (exact) mass is 143 g/mol. The van der Waals surface area contributed by atoms with E-state index in [2.05, 4.69) is 10.0 Å². The summed E-state index contributed by atoms with van der Waals surface area (Å²) >= 11 is 0. The van der Waals surface area contributed by atoms with Crippen molar-refractivity contribution in [3.63, 3.8) is 0 Å². The van der Waals surface area contributed by atoms with Crippen LogP contribution in [0.25, 0.3) is 0 Å². The number of nitrogens with two attached hydrogens (primary N) is 1. The van der Waals surface area contributed by atoms with Gasteiger partial charge in [-0.15, -0.1) is 0 Å². The van der Waals surface area contributed by atoms with Crippen molar-refractivity contribution in [1.82, 2.24) is 10.0 Å². The second kappa shape index (κ2) is 3.32. The summed E-state index contributed by atoms with van der Waals surface area (Å²) in [6.45, 7) is 1.12. The largest absolute Gasteiger partial charge is 0.315 e. The van der Waals surface area contributed by atoms with Crippen molar-refractivity contribution in [1.29, 1.82) is 0 Å². The minimum Gasteiger partial charge on any atom is -0.315 e. The van der Waals surface area contributed by atoms with Crippen LogP contribution in [-0.4, -0.2) is 36.8 Å². The van der Waals surface area contributed by atoms with E-state index in [1.54, 1.807) is 0 Å². The van der Waals surface area contributed by atoms with Crippen molar-refractivity contribution >= 4 is 0 Å². The topological polar surface area (TPSA) is 32.5 Å². The maximum Gasteiger partial charge on any atom is 0.0710 e. The van der Waals surface area contributed by atoms with Gasteiger partial charge in [0.05, 0.1) is 6.17 Å². The molecule has 3 nitrogen and oxygen atoms in total. The second-order valence-corrected chi connectivity index (χ2v) is 3.07. The fourth-order valence-corrected chi connectivity index (χ4v) is 1.44. The Morgan fingerprint density at radius 1 is 1.40 bits per heavy atom. The first-order valence-corrected chi connectivity index (χ1v) is 3.91. The maximum atomic E-state index is 5.86. The molecule has 60 valence electrons. The van der Waals surface area contributed by atoms with E-state index in [-0.39, 0.29) is 6.17 Å². The molecule has 1 unspecified atom stereocenters. The summed E-state index contributed by atoms with van der Waals surface area (Å²) in [6, 6.07) is 0. The third-order valence-electron chi connectivity index (χ3n) is 2.03. The molecule has 0 radical (unpaired) electrons. The Hall–Kier alpha value is -0.120. The molecule has 1 aliphatic rings. The first-order valence-electron chi connectivity index (χ1n) is 3.91. The Labute approximate surface area is 62.8 Å². The van der Waals surface area contributed by atoms with E-state index < -0.39 is 0 Å². The number of piperidine rings is 1. The van der Waals surface area contributed by atoms with Crippen molar-refractivity contribution in [3.8, 4) is 0 Å². The van der Waals surface area contributed by atoms with Crippen LogP contribution >= 0.6 is 0 Å². The highest BCUT2D eigenvalue weighted by molar-refractivity contribution is 4.67. The molecule has 1 rings (SSSR count). The minimum absolute atomic E-state index is 0.253. The zero-order valence-corrected chi connectivity index (χ0v) is 6.88. The van der Waals surface area contributed by atoms with E-state index in [0.717, 1.165) is 13.0 Å². The lowest BCUT2D eigenvalue weighted by molar-refractivity contribution is -0.0371. The highest BCUT2D eigenvalue weighted by Gasteiger charge is 2.19. The van der Waals surface area contributed by atoms with Crippen molar-refractivity contribution in [2.24, 2.45) is 5.73 Å². The third-order valence-corrected chi connectivity index (χ3v) is 2.03. The molecule has 10 heavy (non-hydrogen) atoms. The molecule has 1 fully saturated rings. The summed E-state index contributed by atoms with van der Waals surface area (Å²) in [7, 11) is 4.09. The average Bonchev–Trinajstić information content (AvgIpc) is 1.88. The molecule has 0 aromatic heterocycles. The highest BCUT2D eigenvalue weighted by atomic mass is 15.6. The van der Waals surface area contributed by atoms with Crippen molar-refractivity contribution in [3.05, 3.63) is 0 Å². The molecule has 0 amide bonds. The SMILES string of the molecule is CN(C)N1CCCCC1N. The zero-order valence-electron chi connectivity index (χ0n) is 6.88. The van der Waals surface area contributed by atoms with E-state index in [1.807, 2.05) is 14.1 Å². The Balaban J connectivity index is 2.40. The molecule has 0 aromatic carbocycles. The van der Waals surface area contributed by atoms with Gasteiger partial charge in [-0.2, -0.15) is 0 Å². The molecule has 3 heteroatoms. The van der Waals surface area contributed by atoms with Crippen LogP contribution in [-0.2, 0) is 0 Å². The average molecular weight is 143 g/mol. The molecule has 0 aliphatic carbocycles. The van der Waals surface area contributed by atoms with E-state index in [9.17, 15) is 0 Å². The summed E-state index contributed by atoms with van der Waals surface area (Å²) in [5.74, 6) is 0. The van der Waals surface area contributed by atoms with Crippen LogP contribution in [0.15, 0.2) is 0 Å². The standard InChI is InChI=1S/C7H17N3/c1-9(2)10-6-4-3-5-7(10)8/h7H,3-6,8H2,1-2H3. The lowest BCUT2D eigenvalue weighted by Crippen LogP contribution is -2.51. The van der Waals surface area contributed by atoms with Gasteiger partial charge in [0.25, 0.3) is 0 Å². The van der Waals surface area contributed by atoms with Crippen molar-refractivity contribution < 1.29 is 0 Å². The van der Waals surface area contributed by atoms with E-state index in [4.69, 9.17) is 5.73 Å². The Morgan fingerprint density at radius 2 is 2.10 bits per heavy atom. The molecule has 1 saturated heterocycles. The van der Waals surface area contributed by atoms with E-state index in [1.165, 1.54) is 12.8 Å². The zero-order chi connectivity index (χ0) is 7.56. The third kappa shape index (κ3) is 1.68. The molecule has 0 aromatic rings. The van der Waals surface area contributed by atoms with Crippen LogP contribution in [0.3, 0.4) is 0 Å². The first-order chi connectivity index (χ1) is 4.72. The lowest BCUT2D eigenvalue weighted by atomic mass is 10.1. The first kappa shape index (κ1) is 7.98. The van der Waals surface area contributed by atoms with Gasteiger partial charge in [-0.05, 0) is 19.3 Å². The summed E-state index contributed by atoms with van der Waals surface area (Å²) in [4.78, 5) is 0. The van der Waals surface area contributed by atoms with Crippen LogP contribution in [0, 0.1) is 0 Å². The van der Waals surface area contributed by atoms with Gasteiger partial charge in [0, 0.05) is 20.6 Å². The van der Waals surface area contributed by atoms with E-state index >= 15 is 0 Å². The number of nitrogens with zero attached hydrogens (tertiary/aromatic N) is 2. The van der Waals surface area contributed by atoms with Crippen molar-refractivity contribution in [2.45, 2.75) is 25.4 Å². The van der Waals surface area contributed by atoms with Gasteiger partial charge in [-0.1, -0.05) is 0 Å². The van der Waals surface area contributed by atoms with Crippen LogP contribution in [0.2, 0.25) is 0 Å². The van der Waals surface area contributed by atoms with Crippen LogP contribution < -0.4 is 5.73 Å². The fraction of sp³-hybridized carbons (Fsp3) is 1.00. The second-order valence-electron chi connectivity index (χ2n) is 3.07. The number of hydrazine groups is 1. The molecule has 0 bridgehead atoms. The smallest absolute Gasteiger partial charge is 0.0710 e. The van der Waals surface area contributed by atoms with Gasteiger partial charge < -0.3 is 5.73 Å². The minimum atomic E-state index is 0.253. The van der Waals surface area contributed by atoms with Gasteiger partial charge in [-0.25, -0.2) is 10.0 Å². The Morgan fingerprint density at radius 3 is 2.50 bits per heavy atom. The predicted octanol–water partition coefficient (Wildman–Crippen LogP) is 0.234. The van der Waals surface area contributed by atoms with Crippen LogP contribution in [0.4, 0.5) is 0 Å². The maximum absolute atomic E-state index is 5.86. The Kier molecular flexibility index (Phi) is 2.65. The summed E-state index contributed by atoms with van der Waals surface area (Å²) in [6.07, 6.45) is 3.96. The van der Waals surface area contributed by atoms with Gasteiger partial charge in [0.1, 0.15) is 0 Å². The van der Waals surface area contributed by atoms with E-state index in [0.29, 0.717) is 0 Å². The van der Waals surface area contributed by atoms with Gasteiger partial charge in [0.2, 0.25) is 0 Å². The molecule has 1 aliphatic heterocycles. The van der Waals surface area contributed by atoms with Crippen LogP contribution in [0.1, 0.15) is 19.3 Å². The van der Waals surface area contributed by atoms with Gasteiger partial charge in [-0.3, -0.25) is 0 Å². The normalized spacial score (nSPS) is 29.4.